The lowest BCUT2D eigenvalue weighted by molar-refractivity contribution is 0.0696. The highest BCUT2D eigenvalue weighted by molar-refractivity contribution is 5.88. The van der Waals surface area contributed by atoms with E-state index >= 15 is 0 Å². The number of fused-ring (bicyclic) bond motifs is 1. The molecule has 0 atom stereocenters. The summed E-state index contributed by atoms with van der Waals surface area (Å²) in [5, 5.41) is 18.8. The summed E-state index contributed by atoms with van der Waals surface area (Å²) in [6.45, 7) is 1.63. The van der Waals surface area contributed by atoms with E-state index in [2.05, 4.69) is 25.1 Å². The van der Waals surface area contributed by atoms with E-state index in [0.29, 0.717) is 11.3 Å². The Morgan fingerprint density at radius 3 is 2.66 bits per heavy atom. The van der Waals surface area contributed by atoms with Crippen LogP contribution >= 0.6 is 0 Å². The number of aromatic nitrogens is 4. The van der Waals surface area contributed by atoms with Crippen molar-refractivity contribution in [2.75, 3.05) is 18.0 Å². The van der Waals surface area contributed by atoms with Crippen molar-refractivity contribution in [3.05, 3.63) is 72.7 Å². The van der Waals surface area contributed by atoms with E-state index in [-0.39, 0.29) is 11.7 Å². The first-order chi connectivity index (χ1) is 15.7. The van der Waals surface area contributed by atoms with E-state index in [1.807, 2.05) is 42.5 Å². The lowest BCUT2D eigenvalue weighted by atomic mass is 10.1. The monoisotopic (exact) mass is 427 g/mol. The average molecular weight is 427 g/mol. The summed E-state index contributed by atoms with van der Waals surface area (Å²) in [7, 11) is 0. The predicted octanol–water partition coefficient (Wildman–Crippen LogP) is 3.83. The van der Waals surface area contributed by atoms with Gasteiger partial charge in [0.05, 0.1) is 16.8 Å². The number of carbonyl (C=O) groups is 1. The Balaban J connectivity index is 1.23. The number of anilines is 1. The molecule has 0 unspecified atom stereocenters. The number of carboxylic acid groups (broad SMARTS) is 1. The van der Waals surface area contributed by atoms with Gasteiger partial charge >= 0.3 is 5.97 Å². The molecule has 0 amide bonds. The van der Waals surface area contributed by atoms with Crippen LogP contribution in [-0.2, 0) is 0 Å². The maximum absolute atomic E-state index is 11.2. The Hall–Kier alpha value is -4.07. The summed E-state index contributed by atoms with van der Waals surface area (Å²) < 4.78 is 6.30. The molecule has 160 valence electrons. The Kier molecular flexibility index (Phi) is 5.33. The Bertz CT molecular complexity index is 1250. The molecular weight excluding hydrogens is 406 g/mol. The second kappa shape index (κ2) is 8.58. The second-order valence-electron chi connectivity index (χ2n) is 7.67. The highest BCUT2D eigenvalue weighted by atomic mass is 16.5. The third-order valence-electron chi connectivity index (χ3n) is 5.60. The molecule has 4 heterocycles. The minimum absolute atomic E-state index is 0.123. The van der Waals surface area contributed by atoms with Gasteiger partial charge in [0.15, 0.2) is 5.82 Å². The summed E-state index contributed by atoms with van der Waals surface area (Å²) in [4.78, 5) is 21.7. The molecule has 1 aromatic carbocycles. The van der Waals surface area contributed by atoms with Gasteiger partial charge in [-0.1, -0.05) is 12.1 Å². The van der Waals surface area contributed by atoms with Crippen LogP contribution in [0, 0.1) is 0 Å². The number of para-hydroxylation sites is 1. The first kappa shape index (κ1) is 19.9. The Morgan fingerprint density at radius 1 is 1.03 bits per heavy atom. The van der Waals surface area contributed by atoms with Gasteiger partial charge in [-0.25, -0.2) is 4.79 Å². The molecule has 0 aliphatic carbocycles. The minimum Gasteiger partial charge on any atom is -0.490 e. The number of pyridine rings is 2. The standard InChI is InChI=1S/C24H21N5O3/c30-24(31)17-13-16(14-25-15-17)20-5-6-23(28-27-20)29-11-8-18(9-12-29)32-22-7-10-26-21-4-2-1-3-19(21)22/h1-7,10,13-15,18H,8-9,11-12H2,(H,30,31). The number of hydrogen-bond donors (Lipinski definition) is 1. The Labute approximate surface area is 184 Å². The predicted molar refractivity (Wildman–Crippen MR) is 120 cm³/mol. The van der Waals surface area contributed by atoms with Crippen LogP contribution in [0.25, 0.3) is 22.2 Å². The fourth-order valence-electron chi connectivity index (χ4n) is 3.90. The van der Waals surface area contributed by atoms with Gasteiger partial charge in [-0.2, -0.15) is 0 Å². The number of nitrogens with zero attached hydrogens (tertiary/aromatic N) is 5. The van der Waals surface area contributed by atoms with Crippen LogP contribution < -0.4 is 9.64 Å². The van der Waals surface area contributed by atoms with Crippen molar-refractivity contribution in [3.63, 3.8) is 0 Å². The lowest BCUT2D eigenvalue weighted by Gasteiger charge is -2.32. The molecule has 1 N–H and O–H groups in total. The molecule has 4 aromatic rings. The molecule has 8 nitrogen and oxygen atoms in total. The fraction of sp³-hybridized carbons (Fsp3) is 0.208. The molecule has 1 saturated heterocycles. The number of ether oxygens (including phenoxy) is 1. The maximum Gasteiger partial charge on any atom is 0.337 e. The highest BCUT2D eigenvalue weighted by Gasteiger charge is 2.22. The van der Waals surface area contributed by atoms with Gasteiger partial charge in [0.2, 0.25) is 0 Å². The summed E-state index contributed by atoms with van der Waals surface area (Å²) in [6, 6.07) is 15.2. The van der Waals surface area contributed by atoms with Gasteiger partial charge in [0.1, 0.15) is 11.9 Å². The molecule has 0 bridgehead atoms. The van der Waals surface area contributed by atoms with Crippen molar-refractivity contribution in [2.45, 2.75) is 18.9 Å². The SMILES string of the molecule is O=C(O)c1cncc(-c2ccc(N3CCC(Oc4ccnc5ccccc45)CC3)nn2)c1. The fourth-order valence-corrected chi connectivity index (χ4v) is 3.90. The van der Waals surface area contributed by atoms with E-state index in [9.17, 15) is 4.79 Å². The molecule has 3 aromatic heterocycles. The molecular formula is C24H21N5O3. The van der Waals surface area contributed by atoms with Crippen LogP contribution in [0.2, 0.25) is 0 Å². The van der Waals surface area contributed by atoms with Crippen LogP contribution in [0.3, 0.4) is 0 Å². The molecule has 8 heteroatoms. The normalized spacial score (nSPS) is 14.4. The lowest BCUT2D eigenvalue weighted by Crippen LogP contribution is -2.38. The number of rotatable bonds is 5. The van der Waals surface area contributed by atoms with Crippen molar-refractivity contribution in [1.82, 2.24) is 20.2 Å². The van der Waals surface area contributed by atoms with E-state index in [1.165, 1.54) is 6.20 Å². The number of benzene rings is 1. The molecule has 1 fully saturated rings. The topological polar surface area (TPSA) is 101 Å². The van der Waals surface area contributed by atoms with Crippen molar-refractivity contribution < 1.29 is 14.6 Å². The van der Waals surface area contributed by atoms with Crippen LogP contribution in [0.5, 0.6) is 5.75 Å². The van der Waals surface area contributed by atoms with Gasteiger partial charge in [-0.3, -0.25) is 9.97 Å². The van der Waals surface area contributed by atoms with Crippen LogP contribution in [0.1, 0.15) is 23.2 Å². The zero-order chi connectivity index (χ0) is 21.9. The number of carboxylic acids is 1. The molecule has 1 aliphatic heterocycles. The van der Waals surface area contributed by atoms with E-state index in [1.54, 1.807) is 18.5 Å². The summed E-state index contributed by atoms with van der Waals surface area (Å²) in [5.41, 5.74) is 2.27. The quantitative estimate of drug-likeness (QED) is 0.513. The third kappa shape index (κ3) is 4.07. The van der Waals surface area contributed by atoms with Crippen LogP contribution in [0.4, 0.5) is 5.82 Å². The summed E-state index contributed by atoms with van der Waals surface area (Å²) >= 11 is 0. The van der Waals surface area contributed by atoms with E-state index < -0.39 is 5.97 Å². The van der Waals surface area contributed by atoms with Gasteiger partial charge in [-0.15, -0.1) is 10.2 Å². The first-order valence-corrected chi connectivity index (χ1v) is 10.5. The smallest absolute Gasteiger partial charge is 0.337 e. The molecule has 5 rings (SSSR count). The number of aromatic carboxylic acids is 1. The van der Waals surface area contributed by atoms with Gasteiger partial charge in [0.25, 0.3) is 0 Å². The highest BCUT2D eigenvalue weighted by Crippen LogP contribution is 2.28. The Morgan fingerprint density at radius 2 is 1.88 bits per heavy atom. The average Bonchev–Trinajstić information content (AvgIpc) is 2.85. The second-order valence-corrected chi connectivity index (χ2v) is 7.67. The number of hydrogen-bond acceptors (Lipinski definition) is 7. The molecule has 32 heavy (non-hydrogen) atoms. The largest absolute Gasteiger partial charge is 0.490 e. The van der Waals surface area contributed by atoms with E-state index in [0.717, 1.165) is 48.4 Å². The van der Waals surface area contributed by atoms with Gasteiger partial charge in [-0.05, 0) is 36.4 Å². The first-order valence-electron chi connectivity index (χ1n) is 10.5. The van der Waals surface area contributed by atoms with Gasteiger partial charge < -0.3 is 14.7 Å². The van der Waals surface area contributed by atoms with Crippen molar-refractivity contribution in [1.29, 1.82) is 0 Å². The van der Waals surface area contributed by atoms with Crippen molar-refractivity contribution in [3.8, 4) is 17.0 Å². The van der Waals surface area contributed by atoms with Crippen LogP contribution in [-0.4, -0.2) is 50.4 Å². The minimum atomic E-state index is -1.02. The number of piperidine rings is 1. The molecule has 0 saturated carbocycles. The van der Waals surface area contributed by atoms with Crippen LogP contribution in [0.15, 0.2) is 67.1 Å². The van der Waals surface area contributed by atoms with Crippen molar-refractivity contribution >= 4 is 22.7 Å². The van der Waals surface area contributed by atoms with Gasteiger partial charge in [0, 0.05) is 55.5 Å². The molecule has 0 radical (unpaired) electrons. The zero-order valence-corrected chi connectivity index (χ0v) is 17.3. The zero-order valence-electron chi connectivity index (χ0n) is 17.3. The van der Waals surface area contributed by atoms with E-state index in [4.69, 9.17) is 9.84 Å². The third-order valence-corrected chi connectivity index (χ3v) is 5.60. The summed E-state index contributed by atoms with van der Waals surface area (Å²) in [5.74, 6) is 0.646. The van der Waals surface area contributed by atoms with Crippen molar-refractivity contribution in [2.24, 2.45) is 0 Å². The molecule has 0 spiro atoms. The maximum atomic E-state index is 11.2. The molecule has 1 aliphatic rings. The summed E-state index contributed by atoms with van der Waals surface area (Å²) in [6.07, 6.45) is 6.58.